The van der Waals surface area contributed by atoms with E-state index in [1.54, 1.807) is 0 Å². The maximum atomic E-state index is 13.6. The van der Waals surface area contributed by atoms with Crippen LogP contribution >= 0.6 is 0 Å². The van der Waals surface area contributed by atoms with Crippen LogP contribution in [0.2, 0.25) is 6.73 Å². The molecule has 0 aliphatic carbocycles. The Morgan fingerprint density at radius 1 is 1.00 bits per heavy atom. The molecule has 0 heterocycles. The molecule has 0 atom stereocenters. The molecule has 0 saturated carbocycles. The Morgan fingerprint density at radius 3 is 1.76 bits per heavy atom. The van der Waals surface area contributed by atoms with E-state index < -0.39 is 27.7 Å². The molecule has 0 unspecified atom stereocenters. The van der Waals surface area contributed by atoms with Crippen LogP contribution in [-0.2, 0) is 6.28 Å². The van der Waals surface area contributed by atoms with Crippen LogP contribution in [0.3, 0.4) is 0 Å². The molecule has 0 aliphatic rings. The summed E-state index contributed by atoms with van der Waals surface area (Å²) >= 11 is -4.02. The van der Waals surface area contributed by atoms with Crippen molar-refractivity contribution in [2.75, 3.05) is 0 Å². The van der Waals surface area contributed by atoms with E-state index in [9.17, 15) is 6.28 Å². The average molecular weight is 398 g/mol. The summed E-state index contributed by atoms with van der Waals surface area (Å²) in [6.07, 6.45) is 3.57. The summed E-state index contributed by atoms with van der Waals surface area (Å²) in [5.74, 6) is 0. The van der Waals surface area contributed by atoms with Crippen molar-refractivity contribution >= 4 is 1.94 Å². The second-order valence-electron chi connectivity index (χ2n) is 4.67. The third kappa shape index (κ3) is 3.18. The van der Waals surface area contributed by atoms with Gasteiger partial charge in [0.05, 0.1) is 0 Å². The molecule has 0 radical (unpaired) electrons. The van der Waals surface area contributed by atoms with Gasteiger partial charge in [-0.2, -0.15) is 0 Å². The first-order valence-corrected chi connectivity index (χ1v) is 11.7. The van der Waals surface area contributed by atoms with Crippen LogP contribution in [0.25, 0.3) is 0 Å². The van der Waals surface area contributed by atoms with Gasteiger partial charge in [-0.25, -0.2) is 0 Å². The first-order valence-electron chi connectivity index (χ1n) is 6.58. The molecule has 0 aromatic heterocycles. The Balaban J connectivity index is 5.21. The molecule has 0 bridgehead atoms. The number of unbranched alkanes of at least 4 members (excludes halogenated alkanes) is 2. The van der Waals surface area contributed by atoms with Gasteiger partial charge in [0.2, 0.25) is 0 Å². The number of carbonyl (C=O) groups is 1. The van der Waals surface area contributed by atoms with Crippen molar-refractivity contribution in [2.45, 2.75) is 74.0 Å². The molecule has 3 heteroatoms. The molecule has 0 aliphatic heterocycles. The fourth-order valence-corrected chi connectivity index (χ4v) is 12.0. The Bertz CT molecular complexity index is 304. The van der Waals surface area contributed by atoms with E-state index in [1.807, 2.05) is 34.6 Å². The van der Waals surface area contributed by atoms with E-state index in [1.165, 1.54) is 0 Å². The number of carbonyl (C=O) groups excluding carboxylic acids is 1. The second-order valence-corrected chi connectivity index (χ2v) is 16.9. The molecular weight excluding hydrogens is 367 g/mol. The topological polar surface area (TPSA) is 34.1 Å². The van der Waals surface area contributed by atoms with Crippen LogP contribution in [0.5, 0.6) is 0 Å². The van der Waals surface area contributed by atoms with Gasteiger partial charge >= 0.3 is 110 Å². The zero-order valence-corrected chi connectivity index (χ0v) is 14.1. The van der Waals surface area contributed by atoms with Crippen molar-refractivity contribution in [3.05, 3.63) is 0 Å². The Hall–Kier alpha value is 0.717. The van der Waals surface area contributed by atoms with Crippen LogP contribution in [0.1, 0.15) is 67.2 Å². The molecule has 0 fully saturated rings. The molecule has 0 aromatic rings. The van der Waals surface area contributed by atoms with Gasteiger partial charge in [0.1, 0.15) is 0 Å². The van der Waals surface area contributed by atoms with E-state index >= 15 is 0 Å². The van der Waals surface area contributed by atoms with Crippen molar-refractivity contribution in [1.82, 2.24) is 0 Å². The third-order valence-electron chi connectivity index (χ3n) is 3.20. The molecule has 2 nitrogen and oxygen atoms in total. The van der Waals surface area contributed by atoms with Gasteiger partial charge in [-0.05, 0) is 0 Å². The molecule has 0 rings (SSSR count). The molecule has 0 amide bonds. The first-order chi connectivity index (χ1) is 7.75. The fourth-order valence-electron chi connectivity index (χ4n) is 2.00. The Kier molecular flexibility index (Phi) is 7.04. The van der Waals surface area contributed by atoms with Crippen molar-refractivity contribution in [1.29, 1.82) is 0 Å². The molecule has 0 saturated heterocycles. The van der Waals surface area contributed by atoms with Crippen LogP contribution in [0.4, 0.5) is 0 Å². The third-order valence-corrected chi connectivity index (χ3v) is 18.1. The summed E-state index contributed by atoms with van der Waals surface area (Å²) in [6.45, 7) is 11.9. The summed E-state index contributed by atoms with van der Waals surface area (Å²) in [4.78, 5) is 12.5. The van der Waals surface area contributed by atoms with Crippen LogP contribution in [0.15, 0.2) is 0 Å². The van der Waals surface area contributed by atoms with E-state index in [0.29, 0.717) is 9.00 Å². The number of rotatable bonds is 8. The van der Waals surface area contributed by atoms with Crippen molar-refractivity contribution in [3.63, 3.8) is 0 Å². The van der Waals surface area contributed by atoms with Gasteiger partial charge < -0.3 is 0 Å². The number of hydrogen-bond donors (Lipinski definition) is 0. The molecule has 110 valence electrons. The van der Waals surface area contributed by atoms with Gasteiger partial charge in [0.15, 0.2) is 0 Å². The van der Waals surface area contributed by atoms with E-state index in [2.05, 4.69) is 6.92 Å². The van der Waals surface area contributed by atoms with Gasteiger partial charge in [0, 0.05) is 0 Å². The minimum atomic E-state index is -4.02. The SMILES string of the molecule is CCCCC[C](=O)[Er](=[O])([CH2]C)([CH](C)C)[CH](C)C. The van der Waals surface area contributed by atoms with Gasteiger partial charge in [-0.3, -0.25) is 0 Å². The zero-order valence-electron chi connectivity index (χ0n) is 12.3. The molecule has 0 aromatic carbocycles. The summed E-state index contributed by atoms with van der Waals surface area (Å²) in [5, 5.41) is 0. The zero-order chi connectivity index (χ0) is 13.7. The quantitative estimate of drug-likeness (QED) is 0.526. The predicted octanol–water partition coefficient (Wildman–Crippen LogP) is 5.23. The van der Waals surface area contributed by atoms with Crippen molar-refractivity contribution in [2.24, 2.45) is 0 Å². The molecule has 0 spiro atoms. The van der Waals surface area contributed by atoms with Gasteiger partial charge in [0.25, 0.3) is 0 Å². The first kappa shape index (κ1) is 17.7. The van der Waals surface area contributed by atoms with Crippen LogP contribution in [0, 0.1) is 27.7 Å². The fraction of sp³-hybridized carbons (Fsp3) is 0.929. The second kappa shape index (κ2) is 6.76. The van der Waals surface area contributed by atoms with E-state index in [0.717, 1.165) is 19.3 Å². The van der Waals surface area contributed by atoms with Gasteiger partial charge in [-0.1, -0.05) is 0 Å². The predicted molar refractivity (Wildman–Crippen MR) is 70.5 cm³/mol. The van der Waals surface area contributed by atoms with Crippen LogP contribution in [-0.4, -0.2) is 1.94 Å². The Morgan fingerprint density at radius 2 is 1.47 bits per heavy atom. The summed E-state index contributed by atoms with van der Waals surface area (Å²) in [6, 6.07) is 0. The maximum absolute atomic E-state index is 13.6. The molecule has 17 heavy (non-hydrogen) atoms. The Labute approximate surface area is 109 Å². The van der Waals surface area contributed by atoms with Gasteiger partial charge in [-0.15, -0.1) is 0 Å². The molecular formula is C14H30ErO2. The van der Waals surface area contributed by atoms with E-state index in [-0.39, 0.29) is 6.10 Å². The summed E-state index contributed by atoms with van der Waals surface area (Å²) in [5.41, 5.74) is 0. The summed E-state index contributed by atoms with van der Waals surface area (Å²) in [7, 11) is 0. The molecule has 0 N–H and O–H groups in total. The van der Waals surface area contributed by atoms with E-state index in [4.69, 9.17) is 0 Å². The normalized spacial score (nSPS) is 14.9. The summed E-state index contributed by atoms with van der Waals surface area (Å²) < 4.78 is 14.3. The minimum absolute atomic E-state index is 0.0168. The van der Waals surface area contributed by atoms with Crippen molar-refractivity contribution in [3.8, 4) is 0 Å². The standard InChI is InChI=1S/C6H11O.2C3H7.C2H5.Er.O/c1-2-3-4-5-6-7;2*1-3-2;1-2;;/h2-5H2,1H3;2*3H,1-2H3;1H2,2H3;;. The monoisotopic (exact) mass is 396 g/mol. The number of hydrogen-bond acceptors (Lipinski definition) is 2. The van der Waals surface area contributed by atoms with Crippen molar-refractivity contribution < 1.29 is 34.0 Å². The van der Waals surface area contributed by atoms with Crippen LogP contribution < -0.4 is 0 Å². The average Bonchev–Trinajstić information content (AvgIpc) is 2.27.